The summed E-state index contributed by atoms with van der Waals surface area (Å²) in [5, 5.41) is 9.59. The van der Waals surface area contributed by atoms with E-state index >= 15 is 0 Å². The summed E-state index contributed by atoms with van der Waals surface area (Å²) in [4.78, 5) is 26.1. The number of hydrogen-bond donors (Lipinski definition) is 0. The molecule has 1 aromatic carbocycles. The van der Waals surface area contributed by atoms with Crippen LogP contribution in [0.2, 0.25) is 0 Å². The number of amides is 1. The molecular formula is C24H23N5O2. The minimum absolute atomic E-state index is 0.0231. The molecule has 31 heavy (non-hydrogen) atoms. The first-order valence-electron chi connectivity index (χ1n) is 10.5. The van der Waals surface area contributed by atoms with Gasteiger partial charge in [0.25, 0.3) is 5.56 Å². The Morgan fingerprint density at radius 2 is 1.68 bits per heavy atom. The van der Waals surface area contributed by atoms with Crippen molar-refractivity contribution in [1.82, 2.24) is 24.3 Å². The average molecular weight is 413 g/mol. The standard InChI is InChI=1S/C24H23N5O2/c1-17(30)27-15-12-19(13-16-27)29-22(31)11-10-20(25-29)23-21-9-5-6-14-28(21)26-24(23)18-7-3-2-4-8-18/h2-11,14,19H,12-13,15-16H2,1H3. The second kappa shape index (κ2) is 7.83. The zero-order valence-electron chi connectivity index (χ0n) is 17.3. The molecule has 0 N–H and O–H groups in total. The van der Waals surface area contributed by atoms with Gasteiger partial charge in [-0.1, -0.05) is 36.4 Å². The van der Waals surface area contributed by atoms with Crippen molar-refractivity contribution in [3.05, 3.63) is 77.2 Å². The van der Waals surface area contributed by atoms with E-state index in [0.29, 0.717) is 18.8 Å². The van der Waals surface area contributed by atoms with Gasteiger partial charge in [-0.25, -0.2) is 9.20 Å². The van der Waals surface area contributed by atoms with E-state index in [1.807, 2.05) is 64.1 Å². The largest absolute Gasteiger partial charge is 0.343 e. The highest BCUT2D eigenvalue weighted by Gasteiger charge is 2.25. The number of likely N-dealkylation sites (tertiary alicyclic amines) is 1. The van der Waals surface area contributed by atoms with Crippen molar-refractivity contribution < 1.29 is 4.79 Å². The number of nitrogens with zero attached hydrogens (tertiary/aromatic N) is 5. The van der Waals surface area contributed by atoms with Gasteiger partial charge < -0.3 is 4.90 Å². The number of rotatable bonds is 3. The van der Waals surface area contributed by atoms with Gasteiger partial charge in [-0.2, -0.15) is 10.2 Å². The van der Waals surface area contributed by atoms with Gasteiger partial charge in [0, 0.05) is 37.8 Å². The highest BCUT2D eigenvalue weighted by molar-refractivity contribution is 5.90. The van der Waals surface area contributed by atoms with Crippen LogP contribution in [-0.2, 0) is 4.79 Å². The molecule has 1 saturated heterocycles. The summed E-state index contributed by atoms with van der Waals surface area (Å²) in [5.74, 6) is 0.0753. The van der Waals surface area contributed by atoms with Crippen molar-refractivity contribution >= 4 is 11.4 Å². The zero-order chi connectivity index (χ0) is 21.4. The van der Waals surface area contributed by atoms with Gasteiger partial charge in [-0.3, -0.25) is 9.59 Å². The molecule has 0 saturated carbocycles. The fourth-order valence-electron chi connectivity index (χ4n) is 4.29. The van der Waals surface area contributed by atoms with Crippen molar-refractivity contribution in [2.45, 2.75) is 25.8 Å². The molecule has 0 unspecified atom stereocenters. The Hall–Kier alpha value is -3.74. The van der Waals surface area contributed by atoms with Gasteiger partial charge in [0.1, 0.15) is 5.69 Å². The third-order valence-electron chi connectivity index (χ3n) is 5.92. The number of piperidine rings is 1. The smallest absolute Gasteiger partial charge is 0.267 e. The van der Waals surface area contributed by atoms with Crippen LogP contribution in [-0.4, -0.2) is 43.3 Å². The summed E-state index contributed by atoms with van der Waals surface area (Å²) in [6.45, 7) is 2.87. The van der Waals surface area contributed by atoms with E-state index in [4.69, 9.17) is 10.2 Å². The molecule has 0 spiro atoms. The molecular weight excluding hydrogens is 390 g/mol. The van der Waals surface area contributed by atoms with Crippen LogP contribution in [0.5, 0.6) is 0 Å². The summed E-state index contributed by atoms with van der Waals surface area (Å²) in [6.07, 6.45) is 3.35. The Morgan fingerprint density at radius 1 is 0.935 bits per heavy atom. The van der Waals surface area contributed by atoms with E-state index in [-0.39, 0.29) is 17.5 Å². The molecule has 0 bridgehead atoms. The highest BCUT2D eigenvalue weighted by atomic mass is 16.2. The monoisotopic (exact) mass is 413 g/mol. The Morgan fingerprint density at radius 3 is 2.42 bits per heavy atom. The number of fused-ring (bicyclic) bond motifs is 1. The molecule has 0 atom stereocenters. The molecule has 7 nitrogen and oxygen atoms in total. The molecule has 7 heteroatoms. The molecule has 0 aliphatic carbocycles. The van der Waals surface area contributed by atoms with Crippen molar-refractivity contribution in [1.29, 1.82) is 0 Å². The number of hydrogen-bond acceptors (Lipinski definition) is 4. The first-order chi connectivity index (χ1) is 15.1. The van der Waals surface area contributed by atoms with E-state index in [1.54, 1.807) is 23.7 Å². The van der Waals surface area contributed by atoms with E-state index in [2.05, 4.69) is 0 Å². The van der Waals surface area contributed by atoms with E-state index in [9.17, 15) is 9.59 Å². The van der Waals surface area contributed by atoms with Crippen LogP contribution in [0.4, 0.5) is 0 Å². The second-order valence-corrected chi connectivity index (χ2v) is 7.86. The number of carbonyl (C=O) groups is 1. The van der Waals surface area contributed by atoms with Crippen LogP contribution in [0.1, 0.15) is 25.8 Å². The lowest BCUT2D eigenvalue weighted by atomic mass is 10.0. The van der Waals surface area contributed by atoms with Gasteiger partial charge in [-0.15, -0.1) is 0 Å². The van der Waals surface area contributed by atoms with Crippen LogP contribution in [0.3, 0.4) is 0 Å². The van der Waals surface area contributed by atoms with E-state index in [1.165, 1.54) is 0 Å². The lowest BCUT2D eigenvalue weighted by Crippen LogP contribution is -2.40. The number of carbonyl (C=O) groups excluding carboxylic acids is 1. The molecule has 1 aliphatic rings. The highest BCUT2D eigenvalue weighted by Crippen LogP contribution is 2.34. The summed E-state index contributed by atoms with van der Waals surface area (Å²) >= 11 is 0. The number of aromatic nitrogens is 4. The molecule has 5 rings (SSSR count). The van der Waals surface area contributed by atoms with E-state index in [0.717, 1.165) is 35.2 Å². The first-order valence-corrected chi connectivity index (χ1v) is 10.5. The summed E-state index contributed by atoms with van der Waals surface area (Å²) in [6, 6.07) is 19.3. The molecule has 3 aromatic heterocycles. The maximum atomic E-state index is 12.7. The first kappa shape index (κ1) is 19.2. The van der Waals surface area contributed by atoms with Gasteiger partial charge >= 0.3 is 0 Å². The van der Waals surface area contributed by atoms with Crippen LogP contribution in [0, 0.1) is 0 Å². The lowest BCUT2D eigenvalue weighted by Gasteiger charge is -2.31. The Kier molecular flexibility index (Phi) is 4.86. The van der Waals surface area contributed by atoms with Crippen molar-refractivity contribution in [3.63, 3.8) is 0 Å². The van der Waals surface area contributed by atoms with Gasteiger partial charge in [0.15, 0.2) is 0 Å². The average Bonchev–Trinajstić information content (AvgIpc) is 3.20. The van der Waals surface area contributed by atoms with Crippen LogP contribution < -0.4 is 5.56 Å². The van der Waals surface area contributed by atoms with Gasteiger partial charge in [0.05, 0.1) is 22.8 Å². The third-order valence-corrected chi connectivity index (χ3v) is 5.92. The fraction of sp³-hybridized carbons (Fsp3) is 0.250. The molecule has 4 heterocycles. The summed E-state index contributed by atoms with van der Waals surface area (Å²) in [5.41, 5.74) is 4.26. The van der Waals surface area contributed by atoms with Gasteiger partial charge in [-0.05, 0) is 31.0 Å². The van der Waals surface area contributed by atoms with E-state index < -0.39 is 0 Å². The Bertz CT molecular complexity index is 1300. The Labute approximate surface area is 179 Å². The minimum Gasteiger partial charge on any atom is -0.343 e. The molecule has 1 aliphatic heterocycles. The van der Waals surface area contributed by atoms with Crippen molar-refractivity contribution in [2.24, 2.45) is 0 Å². The topological polar surface area (TPSA) is 72.5 Å². The molecule has 1 amide bonds. The predicted molar refractivity (Wildman–Crippen MR) is 119 cm³/mol. The molecule has 0 radical (unpaired) electrons. The van der Waals surface area contributed by atoms with Crippen molar-refractivity contribution in [3.8, 4) is 22.5 Å². The minimum atomic E-state index is -0.122. The molecule has 1 fully saturated rings. The molecule has 156 valence electrons. The Balaban J connectivity index is 1.61. The van der Waals surface area contributed by atoms with Crippen molar-refractivity contribution in [2.75, 3.05) is 13.1 Å². The second-order valence-electron chi connectivity index (χ2n) is 7.86. The maximum Gasteiger partial charge on any atom is 0.267 e. The maximum absolute atomic E-state index is 12.7. The van der Waals surface area contributed by atoms with Gasteiger partial charge in [0.2, 0.25) is 5.91 Å². The predicted octanol–water partition coefficient (Wildman–Crippen LogP) is 3.41. The fourth-order valence-corrected chi connectivity index (χ4v) is 4.29. The van der Waals surface area contributed by atoms with Crippen LogP contribution in [0.15, 0.2) is 71.7 Å². The van der Waals surface area contributed by atoms with Crippen LogP contribution >= 0.6 is 0 Å². The normalized spacial score (nSPS) is 14.8. The summed E-state index contributed by atoms with van der Waals surface area (Å²) in [7, 11) is 0. The van der Waals surface area contributed by atoms with Crippen LogP contribution in [0.25, 0.3) is 28.0 Å². The third kappa shape index (κ3) is 3.52. The zero-order valence-corrected chi connectivity index (χ0v) is 17.3. The number of pyridine rings is 1. The molecule has 4 aromatic rings. The summed E-state index contributed by atoms with van der Waals surface area (Å²) < 4.78 is 3.44. The lowest BCUT2D eigenvalue weighted by molar-refractivity contribution is -0.130. The SMILES string of the molecule is CC(=O)N1CCC(n2nc(-c3c(-c4ccccc4)nn4ccccc34)ccc2=O)CC1. The number of benzene rings is 1. The quantitative estimate of drug-likeness (QED) is 0.516.